The summed E-state index contributed by atoms with van der Waals surface area (Å²) in [5.74, 6) is -1.55. The number of piperidine rings is 1. The van der Waals surface area contributed by atoms with Gasteiger partial charge < -0.3 is 20.8 Å². The Morgan fingerprint density at radius 3 is 2.32 bits per heavy atom. The fraction of sp³-hybridized carbons (Fsp3) is 0.731. The number of halogens is 1. The van der Waals surface area contributed by atoms with Gasteiger partial charge in [0.15, 0.2) is 0 Å². The number of alkyl halides is 1. The lowest BCUT2D eigenvalue weighted by Crippen LogP contribution is -2.57. The smallest absolute Gasteiger partial charge is 0.306 e. The molecule has 1 saturated heterocycles. The third-order valence-corrected chi connectivity index (χ3v) is 7.73. The van der Waals surface area contributed by atoms with Crippen molar-refractivity contribution in [3.05, 3.63) is 23.8 Å². The molecule has 1 saturated carbocycles. The second-order valence-electron chi connectivity index (χ2n) is 10.7. The van der Waals surface area contributed by atoms with Crippen molar-refractivity contribution in [3.8, 4) is 0 Å². The lowest BCUT2D eigenvalue weighted by Gasteiger charge is -2.46. The van der Waals surface area contributed by atoms with Crippen molar-refractivity contribution in [3.63, 3.8) is 0 Å². The van der Waals surface area contributed by atoms with E-state index in [4.69, 9.17) is 11.6 Å². The molecule has 7 nitrogen and oxygen atoms in total. The number of likely N-dealkylation sites (tertiary alicyclic amines) is 1. The minimum absolute atomic E-state index is 0. The molecule has 1 heterocycles. The summed E-state index contributed by atoms with van der Waals surface area (Å²) in [6.07, 6.45) is 9.56. The standard InChI is InChI=1S/C25H37ClN2O4.CH4.H2O/c1-15(2)21(27-22(29)17-5-6-18(13-17)24(31)32)23(30)28-12-11-20(25(3,4)14-28)16-7-9-19(26)10-8-16;;/h7-9,15,17-21H,5-6,10-14H2,1-4H3,(H,27,29)(H,31,32);1H4;1H2/t17?,18?,19?,20?,21-;;/m1../s1. The molecule has 5 atom stereocenters. The summed E-state index contributed by atoms with van der Waals surface area (Å²) >= 11 is 6.19. The first-order valence-electron chi connectivity index (χ1n) is 11.8. The van der Waals surface area contributed by atoms with Gasteiger partial charge in [-0.25, -0.2) is 0 Å². The number of carbonyl (C=O) groups is 3. The highest BCUT2D eigenvalue weighted by Gasteiger charge is 2.42. The molecule has 0 radical (unpaired) electrons. The van der Waals surface area contributed by atoms with Crippen molar-refractivity contribution in [2.75, 3.05) is 13.1 Å². The summed E-state index contributed by atoms with van der Waals surface area (Å²) in [7, 11) is 0. The second-order valence-corrected chi connectivity index (χ2v) is 11.2. The Kier molecular flexibility index (Phi) is 10.8. The van der Waals surface area contributed by atoms with E-state index in [-0.39, 0.29) is 47.3 Å². The number of carbonyl (C=O) groups excluding carboxylic acids is 2. The SMILES string of the molecule is C.CC(C)[C@@H](NC(=O)C1CCC(C(=O)O)C1)C(=O)N1CCC(C2=CCC(Cl)C=C2)C(C)(C)C1.O. The first-order chi connectivity index (χ1) is 15.0. The number of rotatable bonds is 6. The van der Waals surface area contributed by atoms with Crippen LogP contribution in [-0.2, 0) is 14.4 Å². The highest BCUT2D eigenvalue weighted by atomic mass is 35.5. The van der Waals surface area contributed by atoms with Crippen LogP contribution in [0, 0.1) is 29.1 Å². The Hall–Kier alpha value is -1.86. The van der Waals surface area contributed by atoms with Crippen LogP contribution < -0.4 is 5.32 Å². The first-order valence-corrected chi connectivity index (χ1v) is 12.3. The Morgan fingerprint density at radius 1 is 1.18 bits per heavy atom. The maximum Gasteiger partial charge on any atom is 0.306 e. The molecular formula is C26H43ClN2O5. The normalized spacial score (nSPS) is 28.9. The summed E-state index contributed by atoms with van der Waals surface area (Å²) in [5.41, 5.74) is 1.22. The molecule has 0 aromatic heterocycles. The number of hydrogen-bond acceptors (Lipinski definition) is 3. The Bertz CT molecular complexity index is 807. The van der Waals surface area contributed by atoms with E-state index < -0.39 is 17.9 Å². The number of allylic oxidation sites excluding steroid dienone is 4. The molecule has 0 aromatic carbocycles. The molecule has 2 fully saturated rings. The van der Waals surface area contributed by atoms with Crippen molar-refractivity contribution >= 4 is 29.4 Å². The zero-order valence-corrected chi connectivity index (χ0v) is 20.9. The Labute approximate surface area is 209 Å². The zero-order chi connectivity index (χ0) is 23.6. The number of carboxylic acid groups (broad SMARTS) is 1. The summed E-state index contributed by atoms with van der Waals surface area (Å²) in [6.45, 7) is 9.57. The van der Waals surface area contributed by atoms with Gasteiger partial charge >= 0.3 is 5.97 Å². The number of nitrogens with one attached hydrogen (secondary N) is 1. The largest absolute Gasteiger partial charge is 0.481 e. The molecule has 8 heteroatoms. The predicted octanol–water partition coefficient (Wildman–Crippen LogP) is 3.81. The number of amides is 2. The lowest BCUT2D eigenvalue weighted by atomic mass is 9.69. The highest BCUT2D eigenvalue weighted by molar-refractivity contribution is 6.22. The average Bonchev–Trinajstić information content (AvgIpc) is 3.22. The maximum absolute atomic E-state index is 13.4. The van der Waals surface area contributed by atoms with Gasteiger partial charge in [-0.3, -0.25) is 14.4 Å². The summed E-state index contributed by atoms with van der Waals surface area (Å²) in [5, 5.41) is 12.2. The molecule has 3 aliphatic rings. The molecule has 3 rings (SSSR count). The van der Waals surface area contributed by atoms with Crippen molar-refractivity contribution in [1.82, 2.24) is 10.2 Å². The van der Waals surface area contributed by atoms with Crippen LogP contribution in [0.25, 0.3) is 0 Å². The van der Waals surface area contributed by atoms with E-state index in [2.05, 4.69) is 31.3 Å². The minimum Gasteiger partial charge on any atom is -0.481 e. The van der Waals surface area contributed by atoms with Gasteiger partial charge in [0.2, 0.25) is 11.8 Å². The van der Waals surface area contributed by atoms with E-state index in [0.717, 1.165) is 12.8 Å². The van der Waals surface area contributed by atoms with Crippen molar-refractivity contribution in [2.24, 2.45) is 29.1 Å². The van der Waals surface area contributed by atoms with E-state index in [0.29, 0.717) is 38.3 Å². The topological polar surface area (TPSA) is 118 Å². The quantitative estimate of drug-likeness (QED) is 0.541. The molecule has 4 N–H and O–H groups in total. The fourth-order valence-electron chi connectivity index (χ4n) is 5.46. The van der Waals surface area contributed by atoms with Gasteiger partial charge in [0.05, 0.1) is 11.3 Å². The lowest BCUT2D eigenvalue weighted by molar-refractivity contribution is -0.143. The van der Waals surface area contributed by atoms with Crippen LogP contribution in [0.4, 0.5) is 0 Å². The molecule has 34 heavy (non-hydrogen) atoms. The molecule has 0 aromatic rings. The maximum atomic E-state index is 13.4. The molecule has 2 aliphatic carbocycles. The Balaban J connectivity index is 0.00000289. The van der Waals surface area contributed by atoms with Crippen LogP contribution >= 0.6 is 11.6 Å². The minimum atomic E-state index is -0.841. The van der Waals surface area contributed by atoms with Gasteiger partial charge in [-0.1, -0.05) is 53.3 Å². The van der Waals surface area contributed by atoms with E-state index in [9.17, 15) is 19.5 Å². The van der Waals surface area contributed by atoms with Crippen molar-refractivity contribution < 1.29 is 25.0 Å². The van der Waals surface area contributed by atoms with Gasteiger partial charge in [0, 0.05) is 19.0 Å². The number of nitrogens with zero attached hydrogens (tertiary/aromatic N) is 1. The second kappa shape index (κ2) is 12.2. The molecular weight excluding hydrogens is 456 g/mol. The van der Waals surface area contributed by atoms with Crippen molar-refractivity contribution in [1.29, 1.82) is 0 Å². The van der Waals surface area contributed by atoms with Gasteiger partial charge in [-0.2, -0.15) is 0 Å². The highest BCUT2D eigenvalue weighted by Crippen LogP contribution is 2.41. The third kappa shape index (κ3) is 6.85. The fourth-order valence-corrected chi connectivity index (χ4v) is 5.62. The van der Waals surface area contributed by atoms with E-state index in [1.807, 2.05) is 24.8 Å². The van der Waals surface area contributed by atoms with Gasteiger partial charge in [0.1, 0.15) is 6.04 Å². The molecule has 194 valence electrons. The van der Waals surface area contributed by atoms with Crippen molar-refractivity contribution in [2.45, 2.75) is 78.6 Å². The van der Waals surface area contributed by atoms with Crippen LogP contribution in [0.15, 0.2) is 23.8 Å². The summed E-state index contributed by atoms with van der Waals surface area (Å²) < 4.78 is 0. The number of hydrogen-bond donors (Lipinski definition) is 2. The molecule has 0 spiro atoms. The monoisotopic (exact) mass is 498 g/mol. The number of aliphatic carboxylic acids is 1. The van der Waals surface area contributed by atoms with Gasteiger partial charge in [0.25, 0.3) is 0 Å². The van der Waals surface area contributed by atoms with E-state index in [1.165, 1.54) is 5.57 Å². The Morgan fingerprint density at radius 2 is 1.82 bits per heavy atom. The van der Waals surface area contributed by atoms with Crippen LogP contribution in [0.1, 0.15) is 67.2 Å². The molecule has 0 bridgehead atoms. The van der Waals surface area contributed by atoms with Gasteiger partial charge in [-0.05, 0) is 54.9 Å². The van der Waals surface area contributed by atoms with Crippen LogP contribution in [0.2, 0.25) is 0 Å². The van der Waals surface area contributed by atoms with Crippen LogP contribution in [0.3, 0.4) is 0 Å². The van der Waals surface area contributed by atoms with Gasteiger partial charge in [-0.15, -0.1) is 11.6 Å². The summed E-state index contributed by atoms with van der Waals surface area (Å²) in [6, 6.07) is -0.593. The molecule has 1 aliphatic heterocycles. The van der Waals surface area contributed by atoms with Crippen LogP contribution in [0.5, 0.6) is 0 Å². The third-order valence-electron chi connectivity index (χ3n) is 7.40. The predicted molar refractivity (Wildman–Crippen MR) is 136 cm³/mol. The molecule has 2 amide bonds. The average molecular weight is 499 g/mol. The first kappa shape index (κ1) is 30.2. The van der Waals surface area contributed by atoms with E-state index >= 15 is 0 Å². The number of carboxylic acids is 1. The van der Waals surface area contributed by atoms with Crippen LogP contribution in [-0.4, -0.2) is 57.8 Å². The molecule has 4 unspecified atom stereocenters. The van der Waals surface area contributed by atoms with E-state index in [1.54, 1.807) is 0 Å². The zero-order valence-electron chi connectivity index (χ0n) is 20.1. The summed E-state index contributed by atoms with van der Waals surface area (Å²) in [4.78, 5) is 39.4.